The first kappa shape index (κ1) is 23.6. The van der Waals surface area contributed by atoms with Crippen molar-refractivity contribution in [1.82, 2.24) is 0 Å². The van der Waals surface area contributed by atoms with Crippen LogP contribution >= 0.6 is 0 Å². The summed E-state index contributed by atoms with van der Waals surface area (Å²) in [6.45, 7) is 2.77. The number of hydrogen-bond donors (Lipinski definition) is 2. The maximum Gasteiger partial charge on any atom is 0.100 e. The molecule has 0 heterocycles. The van der Waals surface area contributed by atoms with Gasteiger partial charge < -0.3 is 14.9 Å². The minimum atomic E-state index is -0.751. The zero-order valence-electron chi connectivity index (χ0n) is 16.1. The number of aliphatic hydroxyl groups is 2. The van der Waals surface area contributed by atoms with E-state index in [-0.39, 0.29) is 13.2 Å². The van der Waals surface area contributed by atoms with Crippen molar-refractivity contribution < 1.29 is 14.9 Å². The van der Waals surface area contributed by atoms with Gasteiger partial charge in [-0.1, -0.05) is 96.1 Å². The quantitative estimate of drug-likeness (QED) is 0.244. The van der Waals surface area contributed by atoms with Crippen molar-refractivity contribution in [2.24, 2.45) is 0 Å². The summed E-state index contributed by atoms with van der Waals surface area (Å²) >= 11 is 0. The van der Waals surface area contributed by atoms with E-state index in [0.29, 0.717) is 6.61 Å². The first-order valence-corrected chi connectivity index (χ1v) is 10.3. The summed E-state index contributed by atoms with van der Waals surface area (Å²) in [6, 6.07) is 0. The van der Waals surface area contributed by atoms with Gasteiger partial charge in [-0.2, -0.15) is 0 Å². The maximum atomic E-state index is 9.09. The summed E-state index contributed by atoms with van der Waals surface area (Å²) in [6.07, 6.45) is 22.6. The van der Waals surface area contributed by atoms with Crippen LogP contribution in [-0.4, -0.2) is 36.1 Å². The van der Waals surface area contributed by atoms with Crippen LogP contribution in [0.2, 0.25) is 0 Å². The van der Waals surface area contributed by atoms with E-state index < -0.39 is 6.10 Å². The van der Waals surface area contributed by atoms with Gasteiger partial charge in [0, 0.05) is 0 Å². The fourth-order valence-corrected chi connectivity index (χ4v) is 2.79. The van der Waals surface area contributed by atoms with E-state index in [1.807, 2.05) is 6.08 Å². The van der Waals surface area contributed by atoms with E-state index in [1.165, 1.54) is 83.5 Å². The van der Waals surface area contributed by atoms with Crippen LogP contribution < -0.4 is 0 Å². The van der Waals surface area contributed by atoms with E-state index in [0.717, 1.165) is 6.42 Å². The van der Waals surface area contributed by atoms with Crippen LogP contribution in [0.4, 0.5) is 0 Å². The third-order valence-corrected chi connectivity index (χ3v) is 4.38. The highest BCUT2D eigenvalue weighted by molar-refractivity contribution is 4.81. The predicted octanol–water partition coefficient (Wildman–Crippen LogP) is 5.39. The molecule has 3 nitrogen and oxygen atoms in total. The molecule has 0 aromatic carbocycles. The number of allylic oxidation sites excluding steroid dienone is 1. The molecule has 0 saturated heterocycles. The molecule has 0 bridgehead atoms. The number of hydrogen-bond acceptors (Lipinski definition) is 3. The van der Waals surface area contributed by atoms with Gasteiger partial charge in [0.15, 0.2) is 0 Å². The molecule has 2 N–H and O–H groups in total. The van der Waals surface area contributed by atoms with Crippen LogP contribution in [0.25, 0.3) is 0 Å². The van der Waals surface area contributed by atoms with Gasteiger partial charge in [0.05, 0.1) is 19.8 Å². The lowest BCUT2D eigenvalue weighted by molar-refractivity contribution is 0.0149. The fraction of sp³-hybridized carbons (Fsp3) is 0.905. The van der Waals surface area contributed by atoms with Crippen molar-refractivity contribution in [3.05, 3.63) is 12.2 Å². The monoisotopic (exact) mass is 342 g/mol. The Bertz CT molecular complexity index is 253. The summed E-state index contributed by atoms with van der Waals surface area (Å²) in [5.74, 6) is 0. The Morgan fingerprint density at radius 2 is 1.25 bits per heavy atom. The van der Waals surface area contributed by atoms with Crippen molar-refractivity contribution in [3.8, 4) is 0 Å². The number of aliphatic hydroxyl groups excluding tert-OH is 2. The maximum absolute atomic E-state index is 9.09. The van der Waals surface area contributed by atoms with E-state index in [1.54, 1.807) is 0 Å². The topological polar surface area (TPSA) is 49.7 Å². The summed E-state index contributed by atoms with van der Waals surface area (Å²) in [5, 5.41) is 17.7. The zero-order valence-corrected chi connectivity index (χ0v) is 16.1. The molecule has 0 spiro atoms. The molecule has 0 aromatic rings. The molecule has 0 rings (SSSR count). The van der Waals surface area contributed by atoms with Crippen LogP contribution in [0.15, 0.2) is 12.2 Å². The van der Waals surface area contributed by atoms with Gasteiger partial charge in [-0.15, -0.1) is 0 Å². The third kappa shape index (κ3) is 19.7. The highest BCUT2D eigenvalue weighted by atomic mass is 16.5. The lowest BCUT2D eigenvalue weighted by Gasteiger charge is -2.05. The molecule has 0 amide bonds. The molecule has 0 aliphatic rings. The largest absolute Gasteiger partial charge is 0.394 e. The third-order valence-electron chi connectivity index (χ3n) is 4.38. The zero-order chi connectivity index (χ0) is 17.7. The Morgan fingerprint density at radius 3 is 1.75 bits per heavy atom. The van der Waals surface area contributed by atoms with Gasteiger partial charge >= 0.3 is 0 Å². The predicted molar refractivity (Wildman–Crippen MR) is 103 cm³/mol. The van der Waals surface area contributed by atoms with Crippen LogP contribution in [0, 0.1) is 0 Å². The molecular weight excluding hydrogens is 300 g/mol. The average molecular weight is 343 g/mol. The Kier molecular flexibility index (Phi) is 20.3. The average Bonchev–Trinajstić information content (AvgIpc) is 2.60. The highest BCUT2D eigenvalue weighted by Crippen LogP contribution is 2.12. The first-order valence-electron chi connectivity index (χ1n) is 10.3. The molecule has 0 saturated carbocycles. The molecule has 3 heteroatoms. The number of unbranched alkanes of at least 4 members (excludes halogenated alkanes) is 13. The van der Waals surface area contributed by atoms with E-state index in [9.17, 15) is 0 Å². The molecule has 0 fully saturated rings. The van der Waals surface area contributed by atoms with Crippen molar-refractivity contribution >= 4 is 0 Å². The summed E-state index contributed by atoms with van der Waals surface area (Å²) in [5.41, 5.74) is 0. The smallest absolute Gasteiger partial charge is 0.100 e. The molecule has 0 unspecified atom stereocenters. The Balaban J connectivity index is 3.07. The lowest BCUT2D eigenvalue weighted by atomic mass is 10.0. The van der Waals surface area contributed by atoms with Gasteiger partial charge in [0.2, 0.25) is 0 Å². The van der Waals surface area contributed by atoms with Gasteiger partial charge in [-0.3, -0.25) is 0 Å². The van der Waals surface area contributed by atoms with E-state index >= 15 is 0 Å². The van der Waals surface area contributed by atoms with Gasteiger partial charge in [0.25, 0.3) is 0 Å². The fourth-order valence-electron chi connectivity index (χ4n) is 2.79. The first-order chi connectivity index (χ1) is 11.8. The van der Waals surface area contributed by atoms with E-state index in [2.05, 4.69) is 13.0 Å². The molecule has 0 aromatic heterocycles. The van der Waals surface area contributed by atoms with Crippen molar-refractivity contribution in [2.45, 2.75) is 103 Å². The standard InChI is InChI=1S/C21H42O3/c1-2-3-4-5-6-7-8-9-10-11-12-13-14-15-16-17-18-24-20-21(23)19-22/h16-17,21-23H,2-15,18-20H2,1H3/b17-16+/t21-/m1/s1. The molecule has 24 heavy (non-hydrogen) atoms. The highest BCUT2D eigenvalue weighted by Gasteiger charge is 1.99. The number of ether oxygens (including phenoxy) is 1. The van der Waals surface area contributed by atoms with Gasteiger partial charge in [0.1, 0.15) is 6.10 Å². The summed E-state index contributed by atoms with van der Waals surface area (Å²) in [7, 11) is 0. The Morgan fingerprint density at radius 1 is 0.750 bits per heavy atom. The van der Waals surface area contributed by atoms with Gasteiger partial charge in [-0.25, -0.2) is 0 Å². The van der Waals surface area contributed by atoms with Crippen molar-refractivity contribution in [1.29, 1.82) is 0 Å². The molecule has 0 radical (unpaired) electrons. The molecule has 0 aliphatic carbocycles. The SMILES string of the molecule is CCCCCCCCCCCCCCC/C=C/COC[C@H](O)CO. The van der Waals surface area contributed by atoms with Crippen molar-refractivity contribution in [3.63, 3.8) is 0 Å². The Labute approximate surface area is 150 Å². The molecule has 144 valence electrons. The molecule has 0 aliphatic heterocycles. The van der Waals surface area contributed by atoms with Crippen LogP contribution in [-0.2, 0) is 4.74 Å². The van der Waals surface area contributed by atoms with E-state index in [4.69, 9.17) is 14.9 Å². The summed E-state index contributed by atoms with van der Waals surface area (Å²) < 4.78 is 5.21. The van der Waals surface area contributed by atoms with Crippen molar-refractivity contribution in [2.75, 3.05) is 19.8 Å². The molecule has 1 atom stereocenters. The Hall–Kier alpha value is -0.380. The second kappa shape index (κ2) is 20.7. The minimum absolute atomic E-state index is 0.208. The second-order valence-electron chi connectivity index (χ2n) is 6.88. The number of rotatable bonds is 19. The van der Waals surface area contributed by atoms with Crippen LogP contribution in [0.1, 0.15) is 96.8 Å². The second-order valence-corrected chi connectivity index (χ2v) is 6.88. The lowest BCUT2D eigenvalue weighted by Crippen LogP contribution is -2.19. The molecular formula is C21H42O3. The minimum Gasteiger partial charge on any atom is -0.394 e. The summed E-state index contributed by atoms with van der Waals surface area (Å²) in [4.78, 5) is 0. The van der Waals surface area contributed by atoms with Gasteiger partial charge in [-0.05, 0) is 12.8 Å². The van der Waals surface area contributed by atoms with Crippen LogP contribution in [0.3, 0.4) is 0 Å². The normalized spacial score (nSPS) is 13.0. The van der Waals surface area contributed by atoms with Crippen LogP contribution in [0.5, 0.6) is 0 Å².